The van der Waals surface area contributed by atoms with Gasteiger partial charge in [-0.2, -0.15) is 19.9 Å². The van der Waals surface area contributed by atoms with Crippen LogP contribution in [0.15, 0.2) is 73.8 Å². The molecule has 14 N–H and O–H groups in total. The van der Waals surface area contributed by atoms with Crippen LogP contribution >= 0.6 is 0 Å². The topological polar surface area (TPSA) is 384 Å². The van der Waals surface area contributed by atoms with E-state index >= 15 is 0 Å². The average molecular weight is 1280 g/mol. The maximum Gasteiger partial charge on any atom is 0.225 e. The number of nitrogens with one attached hydrogen (secondary N) is 4. The Kier molecular flexibility index (Phi) is 28.5. The zero-order valence-electron chi connectivity index (χ0n) is 55.1. The standard InChI is InChI=1S/2C18H23N5O2.C17H21N5O.C15H17N5O/c1-5-13-6-15(14(8-20-13)11(2)3)25-16-9-22-18(23-17(16)19)21-7-12(4)10-24;1-5-12-7-15(14(8-20-12)11(3)4)25-16-9-21-18(23-17(16)19)22-13(6-2)10-24;1-5-7-19-17-21-10-15(16(18)22-17)23-14-8-12(6-2)20-9-13(14)11(3)4;1-5-10-6-12(11(7-18-10)9(2)3)21-13-8-19-15(17-4)20-14(13)16/h1,6,8-9,11-12,24H,7,10H2,2-4H3,(H3,19,21,22,23);1,7-9,11,13,24H,6,10H2,2-4H3,(H3,19,21,22,23);2,8-11H,5,7H2,1,3-4H3,(H3,18,19,21,22);1,6-9H,2-4H3,(H3,16,17,19,20). The van der Waals surface area contributed by atoms with Gasteiger partial charge in [0.1, 0.15) is 45.8 Å². The minimum absolute atomic E-state index is 0.0123. The molecule has 0 spiro atoms. The third-order valence-electron chi connectivity index (χ3n) is 13.4. The molecule has 0 fully saturated rings. The molecule has 0 amide bonds. The van der Waals surface area contributed by atoms with Gasteiger partial charge in [-0.25, -0.2) is 39.9 Å². The molecule has 8 rings (SSSR count). The minimum Gasteiger partial charge on any atom is -0.451 e. The molecular weight excluding hydrogens is 1190 g/mol. The Morgan fingerprint density at radius 2 is 0.734 bits per heavy atom. The van der Waals surface area contributed by atoms with E-state index in [2.05, 4.69) is 126 Å². The zero-order valence-corrected chi connectivity index (χ0v) is 55.1. The number of nitrogens with two attached hydrogens (primary N) is 4. The lowest BCUT2D eigenvalue weighted by Gasteiger charge is -2.16. The van der Waals surface area contributed by atoms with Crippen LogP contribution in [0.5, 0.6) is 46.0 Å². The molecule has 0 radical (unpaired) electrons. The number of aliphatic hydroxyl groups excluding tert-OH is 2. The normalized spacial score (nSPS) is 11.1. The summed E-state index contributed by atoms with van der Waals surface area (Å²) in [6, 6.07) is 6.69. The Labute approximate surface area is 550 Å². The molecule has 0 aliphatic rings. The minimum atomic E-state index is -0.128. The van der Waals surface area contributed by atoms with Gasteiger partial charge < -0.3 is 73.4 Å². The predicted molar refractivity (Wildman–Crippen MR) is 369 cm³/mol. The molecule has 492 valence electrons. The Morgan fingerprint density at radius 1 is 0.426 bits per heavy atom. The summed E-state index contributed by atoms with van der Waals surface area (Å²) in [5.41, 5.74) is 29.5. The fraction of sp³-hybridized carbons (Fsp3) is 0.353. The molecule has 0 aliphatic heterocycles. The highest BCUT2D eigenvalue weighted by molar-refractivity contribution is 5.56. The quantitative estimate of drug-likeness (QED) is 0.0251. The molecule has 26 nitrogen and oxygen atoms in total. The van der Waals surface area contributed by atoms with Crippen molar-refractivity contribution in [3.8, 4) is 95.4 Å². The van der Waals surface area contributed by atoms with Crippen molar-refractivity contribution >= 4 is 47.1 Å². The number of hydrogen-bond acceptors (Lipinski definition) is 26. The lowest BCUT2D eigenvalue weighted by atomic mass is 10.0. The fourth-order valence-electron chi connectivity index (χ4n) is 7.90. The van der Waals surface area contributed by atoms with E-state index in [0.29, 0.717) is 99.1 Å². The number of pyridine rings is 4. The molecule has 2 unspecified atom stereocenters. The molecule has 26 heteroatoms. The Morgan fingerprint density at radius 3 is 1.01 bits per heavy atom. The van der Waals surface area contributed by atoms with Gasteiger partial charge in [0.2, 0.25) is 23.8 Å². The van der Waals surface area contributed by atoms with Gasteiger partial charge in [-0.15, -0.1) is 25.7 Å². The second kappa shape index (κ2) is 36.5. The number of ether oxygens (including phenoxy) is 4. The van der Waals surface area contributed by atoms with E-state index in [9.17, 15) is 5.11 Å². The van der Waals surface area contributed by atoms with Gasteiger partial charge in [-0.3, -0.25) is 0 Å². The van der Waals surface area contributed by atoms with Crippen LogP contribution in [0.25, 0.3) is 0 Å². The Bertz CT molecular complexity index is 3970. The molecule has 8 aromatic rings. The molecule has 8 heterocycles. The largest absolute Gasteiger partial charge is 0.451 e. The summed E-state index contributed by atoms with van der Waals surface area (Å²) in [6.07, 6.45) is 36.3. The SMILES string of the molecule is C#Cc1cc(Oc2cnc(NC(CC)CO)nc2N)c(C(C)C)cn1.C#Cc1cc(Oc2cnc(NC)nc2N)c(C(C)C)cn1.C#Cc1cc(Oc2cnc(NCC(C)CO)nc2N)c(C(C)C)cn1.C#Cc1cc(Oc2cnc(NCCC)nc2N)c(C(C)C)cn1. The maximum atomic E-state index is 9.24. The highest BCUT2D eigenvalue weighted by Crippen LogP contribution is 2.37. The van der Waals surface area contributed by atoms with E-state index < -0.39 is 0 Å². The lowest BCUT2D eigenvalue weighted by molar-refractivity contribution is 0.244. The van der Waals surface area contributed by atoms with Gasteiger partial charge in [0, 0.05) is 98.1 Å². The monoisotopic (exact) mass is 1280 g/mol. The van der Waals surface area contributed by atoms with Crippen LogP contribution in [0.4, 0.5) is 47.1 Å². The molecule has 8 aromatic heterocycles. The van der Waals surface area contributed by atoms with Crippen molar-refractivity contribution < 1.29 is 29.2 Å². The van der Waals surface area contributed by atoms with Crippen molar-refractivity contribution in [2.45, 2.75) is 119 Å². The molecule has 0 aliphatic carbocycles. The first-order chi connectivity index (χ1) is 45.0. The van der Waals surface area contributed by atoms with Crippen molar-refractivity contribution in [3.05, 3.63) is 119 Å². The van der Waals surface area contributed by atoms with Crippen LogP contribution in [-0.4, -0.2) is 109 Å². The van der Waals surface area contributed by atoms with Crippen LogP contribution < -0.4 is 63.1 Å². The van der Waals surface area contributed by atoms with Gasteiger partial charge in [-0.05, 0) is 42.4 Å². The number of nitrogens with zero attached hydrogens (tertiary/aromatic N) is 12. The summed E-state index contributed by atoms with van der Waals surface area (Å²) in [4.78, 5) is 50.1. The van der Waals surface area contributed by atoms with Crippen molar-refractivity contribution in [1.82, 2.24) is 59.8 Å². The van der Waals surface area contributed by atoms with E-state index in [1.165, 1.54) is 18.6 Å². The summed E-state index contributed by atoms with van der Waals surface area (Å²) in [7, 11) is 1.72. The highest BCUT2D eigenvalue weighted by Gasteiger charge is 2.19. The molecular formula is C68H84N20O6. The average Bonchev–Trinajstić information content (AvgIpc) is 0.889. The number of hydrogen-bond donors (Lipinski definition) is 10. The molecule has 0 saturated carbocycles. The van der Waals surface area contributed by atoms with Gasteiger partial charge >= 0.3 is 0 Å². The molecule has 94 heavy (non-hydrogen) atoms. The first-order valence-corrected chi connectivity index (χ1v) is 30.2. The first kappa shape index (κ1) is 73.4. The van der Waals surface area contributed by atoms with E-state index in [-0.39, 0.29) is 72.1 Å². The summed E-state index contributed by atoms with van der Waals surface area (Å²) in [5.74, 6) is 17.4. The van der Waals surface area contributed by atoms with Gasteiger partial charge in [0.05, 0.1) is 37.4 Å². The first-order valence-electron chi connectivity index (χ1n) is 30.2. The van der Waals surface area contributed by atoms with Crippen LogP contribution in [0.3, 0.4) is 0 Å². The summed E-state index contributed by atoms with van der Waals surface area (Å²) < 4.78 is 23.5. The van der Waals surface area contributed by atoms with Gasteiger partial charge in [0.15, 0.2) is 46.3 Å². The second-order valence-electron chi connectivity index (χ2n) is 22.1. The third kappa shape index (κ3) is 21.7. The van der Waals surface area contributed by atoms with Crippen LogP contribution in [0, 0.1) is 55.3 Å². The Hall–Kier alpha value is -11.3. The molecule has 0 bridgehead atoms. The number of nitrogen functional groups attached to an aromatic ring is 4. The highest BCUT2D eigenvalue weighted by atomic mass is 16.5. The van der Waals surface area contributed by atoms with Crippen molar-refractivity contribution in [3.63, 3.8) is 0 Å². The molecule has 2 atom stereocenters. The number of anilines is 8. The number of aliphatic hydroxyl groups is 2. The second-order valence-corrected chi connectivity index (χ2v) is 22.1. The van der Waals surface area contributed by atoms with Crippen LogP contribution in [-0.2, 0) is 0 Å². The van der Waals surface area contributed by atoms with Gasteiger partial charge in [-0.1, -0.05) is 99.8 Å². The van der Waals surface area contributed by atoms with Gasteiger partial charge in [0.25, 0.3) is 0 Å². The number of terminal acetylenes is 4. The van der Waals surface area contributed by atoms with E-state index in [0.717, 1.165) is 41.6 Å². The van der Waals surface area contributed by atoms with Crippen molar-refractivity contribution in [2.75, 3.05) is 77.6 Å². The number of rotatable bonds is 24. The van der Waals surface area contributed by atoms with Crippen molar-refractivity contribution in [2.24, 2.45) is 5.92 Å². The van der Waals surface area contributed by atoms with E-state index in [4.69, 9.17) is 72.7 Å². The maximum absolute atomic E-state index is 9.24. The smallest absolute Gasteiger partial charge is 0.225 e. The lowest BCUT2D eigenvalue weighted by Crippen LogP contribution is -2.24. The van der Waals surface area contributed by atoms with E-state index in [1.807, 2.05) is 55.4 Å². The predicted octanol–water partition coefficient (Wildman–Crippen LogP) is 10.5. The van der Waals surface area contributed by atoms with Crippen LogP contribution in [0.2, 0.25) is 0 Å². The van der Waals surface area contributed by atoms with Crippen molar-refractivity contribution in [1.29, 1.82) is 0 Å². The zero-order chi connectivity index (χ0) is 69.0. The summed E-state index contributed by atoms with van der Waals surface area (Å²) in [5, 5.41) is 30.2. The molecule has 0 saturated heterocycles. The fourth-order valence-corrected chi connectivity index (χ4v) is 7.90. The summed E-state index contributed by atoms with van der Waals surface area (Å²) in [6.45, 7) is 23.7. The number of aromatic nitrogens is 12. The van der Waals surface area contributed by atoms with Crippen LogP contribution in [0.1, 0.15) is 158 Å². The summed E-state index contributed by atoms with van der Waals surface area (Å²) >= 11 is 0. The molecule has 0 aromatic carbocycles. The third-order valence-corrected chi connectivity index (χ3v) is 13.4. The van der Waals surface area contributed by atoms with E-state index in [1.54, 1.807) is 62.3 Å². The Balaban J connectivity index is 0.000000228.